The van der Waals surface area contributed by atoms with E-state index in [2.05, 4.69) is 37.0 Å². The lowest BCUT2D eigenvalue weighted by molar-refractivity contribution is 0.0657. The van der Waals surface area contributed by atoms with E-state index < -0.39 is 0 Å². The Labute approximate surface area is 145 Å². The fourth-order valence-corrected chi connectivity index (χ4v) is 3.18. The van der Waals surface area contributed by atoms with Gasteiger partial charge in [-0.05, 0) is 32.8 Å². The van der Waals surface area contributed by atoms with Gasteiger partial charge in [0.1, 0.15) is 5.65 Å². The summed E-state index contributed by atoms with van der Waals surface area (Å²) >= 11 is 0. The second kappa shape index (κ2) is 6.72. The Morgan fingerprint density at radius 3 is 3.00 bits per heavy atom. The molecule has 0 radical (unpaired) electrons. The maximum atomic E-state index is 5.64. The quantitative estimate of drug-likeness (QED) is 0.741. The van der Waals surface area contributed by atoms with Gasteiger partial charge in [-0.2, -0.15) is 15.1 Å². The van der Waals surface area contributed by atoms with E-state index in [1.54, 1.807) is 0 Å². The standard InChI is InChI=1S/C17H22N6O2/c1-3-25-16-13-4-7-18-15(13)21-17(22-16)20-14-10-19-23(11(14)2)12-5-8-24-9-6-12/h4,7,10,12H,3,5-6,8-9H2,1-2H3,(H2,18,20,21,22). The Bertz CT molecular complexity index is 865. The number of H-pyrrole nitrogens is 1. The van der Waals surface area contributed by atoms with Gasteiger partial charge in [-0.3, -0.25) is 4.68 Å². The zero-order valence-corrected chi connectivity index (χ0v) is 14.5. The molecule has 0 atom stereocenters. The predicted octanol–water partition coefficient (Wildman–Crippen LogP) is 2.96. The molecule has 132 valence electrons. The van der Waals surface area contributed by atoms with Crippen LogP contribution in [0.5, 0.6) is 5.88 Å². The van der Waals surface area contributed by atoms with Crippen molar-refractivity contribution >= 4 is 22.7 Å². The molecule has 1 aliphatic heterocycles. The zero-order chi connectivity index (χ0) is 17.2. The summed E-state index contributed by atoms with van der Waals surface area (Å²) < 4.78 is 13.2. The van der Waals surface area contributed by atoms with Crippen molar-refractivity contribution in [3.63, 3.8) is 0 Å². The molecule has 2 N–H and O–H groups in total. The molecule has 3 aromatic rings. The maximum Gasteiger partial charge on any atom is 0.232 e. The molecule has 25 heavy (non-hydrogen) atoms. The molecular weight excluding hydrogens is 320 g/mol. The molecule has 0 unspecified atom stereocenters. The average molecular weight is 342 g/mol. The van der Waals surface area contributed by atoms with Crippen LogP contribution in [0.4, 0.5) is 11.6 Å². The van der Waals surface area contributed by atoms with Gasteiger partial charge < -0.3 is 19.8 Å². The van der Waals surface area contributed by atoms with Gasteiger partial charge in [-0.25, -0.2) is 0 Å². The van der Waals surface area contributed by atoms with Gasteiger partial charge in [-0.15, -0.1) is 0 Å². The third-order valence-electron chi connectivity index (χ3n) is 4.49. The molecule has 8 heteroatoms. The molecule has 0 aromatic carbocycles. The van der Waals surface area contributed by atoms with Crippen molar-refractivity contribution in [2.24, 2.45) is 0 Å². The van der Waals surface area contributed by atoms with Gasteiger partial charge >= 0.3 is 0 Å². The number of rotatable bonds is 5. The minimum atomic E-state index is 0.384. The first-order chi connectivity index (χ1) is 12.3. The van der Waals surface area contributed by atoms with Crippen molar-refractivity contribution in [1.82, 2.24) is 24.7 Å². The monoisotopic (exact) mass is 342 g/mol. The lowest BCUT2D eigenvalue weighted by Crippen LogP contribution is -2.21. The van der Waals surface area contributed by atoms with E-state index in [9.17, 15) is 0 Å². The minimum absolute atomic E-state index is 0.384. The van der Waals surface area contributed by atoms with Crippen LogP contribution < -0.4 is 10.1 Å². The first-order valence-corrected chi connectivity index (χ1v) is 8.63. The Morgan fingerprint density at radius 1 is 1.36 bits per heavy atom. The summed E-state index contributed by atoms with van der Waals surface area (Å²) in [4.78, 5) is 12.1. The summed E-state index contributed by atoms with van der Waals surface area (Å²) in [6.07, 6.45) is 5.64. The minimum Gasteiger partial charge on any atom is -0.477 e. The van der Waals surface area contributed by atoms with Crippen LogP contribution in [-0.2, 0) is 4.74 Å². The Morgan fingerprint density at radius 2 is 2.20 bits per heavy atom. The van der Waals surface area contributed by atoms with E-state index in [0.717, 1.165) is 48.5 Å². The lowest BCUT2D eigenvalue weighted by Gasteiger charge is -2.23. The second-order valence-electron chi connectivity index (χ2n) is 6.08. The van der Waals surface area contributed by atoms with E-state index >= 15 is 0 Å². The average Bonchev–Trinajstić information content (AvgIpc) is 3.24. The summed E-state index contributed by atoms with van der Waals surface area (Å²) in [5.41, 5.74) is 2.72. The summed E-state index contributed by atoms with van der Waals surface area (Å²) in [6, 6.07) is 2.30. The predicted molar refractivity (Wildman–Crippen MR) is 94.4 cm³/mol. The molecule has 0 amide bonds. The van der Waals surface area contributed by atoms with E-state index in [4.69, 9.17) is 9.47 Å². The largest absolute Gasteiger partial charge is 0.477 e. The highest BCUT2D eigenvalue weighted by atomic mass is 16.5. The number of anilines is 2. The molecule has 0 aliphatic carbocycles. The summed E-state index contributed by atoms with van der Waals surface area (Å²) in [7, 11) is 0. The Balaban J connectivity index is 1.62. The van der Waals surface area contributed by atoms with Gasteiger partial charge in [0.2, 0.25) is 11.8 Å². The molecule has 1 aliphatic rings. The fraction of sp³-hybridized carbons (Fsp3) is 0.471. The molecule has 1 fully saturated rings. The van der Waals surface area contributed by atoms with Gasteiger partial charge in [0.25, 0.3) is 0 Å². The van der Waals surface area contributed by atoms with Crippen molar-refractivity contribution in [2.45, 2.75) is 32.7 Å². The van der Waals surface area contributed by atoms with Crippen molar-refractivity contribution in [1.29, 1.82) is 0 Å². The van der Waals surface area contributed by atoms with Crippen LogP contribution in [0.15, 0.2) is 18.5 Å². The smallest absolute Gasteiger partial charge is 0.232 e. The highest BCUT2D eigenvalue weighted by molar-refractivity contribution is 5.82. The number of aromatic nitrogens is 5. The molecule has 3 aromatic heterocycles. The number of hydrogen-bond acceptors (Lipinski definition) is 6. The van der Waals surface area contributed by atoms with Crippen molar-refractivity contribution in [2.75, 3.05) is 25.1 Å². The molecule has 4 rings (SSSR count). The van der Waals surface area contributed by atoms with Crippen LogP contribution in [-0.4, -0.2) is 44.6 Å². The SMILES string of the molecule is CCOc1nc(Nc2cnn(C3CCOCC3)c2C)nc2[nH]ccc12. The number of fused-ring (bicyclic) bond motifs is 1. The molecule has 1 saturated heterocycles. The number of nitrogens with one attached hydrogen (secondary N) is 2. The topological polar surface area (TPSA) is 89.9 Å². The van der Waals surface area contributed by atoms with Crippen LogP contribution in [0, 0.1) is 6.92 Å². The first kappa shape index (κ1) is 15.9. The summed E-state index contributed by atoms with van der Waals surface area (Å²) in [5, 5.41) is 8.70. The van der Waals surface area contributed by atoms with Crippen molar-refractivity contribution in [3.8, 4) is 5.88 Å². The highest BCUT2D eigenvalue weighted by Gasteiger charge is 2.20. The van der Waals surface area contributed by atoms with E-state index in [0.29, 0.717) is 24.5 Å². The summed E-state index contributed by atoms with van der Waals surface area (Å²) in [5.74, 6) is 1.07. The lowest BCUT2D eigenvalue weighted by atomic mass is 10.1. The van der Waals surface area contributed by atoms with Gasteiger partial charge in [0, 0.05) is 19.4 Å². The van der Waals surface area contributed by atoms with Crippen LogP contribution in [0.1, 0.15) is 31.5 Å². The Hall–Kier alpha value is -2.61. The molecule has 4 heterocycles. The van der Waals surface area contributed by atoms with E-state index in [1.807, 2.05) is 25.4 Å². The zero-order valence-electron chi connectivity index (χ0n) is 14.5. The number of aromatic amines is 1. The Kier molecular flexibility index (Phi) is 4.27. The van der Waals surface area contributed by atoms with E-state index in [-0.39, 0.29) is 0 Å². The van der Waals surface area contributed by atoms with Gasteiger partial charge in [0.15, 0.2) is 0 Å². The molecule has 8 nitrogen and oxygen atoms in total. The van der Waals surface area contributed by atoms with Crippen molar-refractivity contribution in [3.05, 3.63) is 24.2 Å². The summed E-state index contributed by atoms with van der Waals surface area (Å²) in [6.45, 7) is 6.13. The van der Waals surface area contributed by atoms with Crippen LogP contribution in [0.3, 0.4) is 0 Å². The molecular formula is C17H22N6O2. The highest BCUT2D eigenvalue weighted by Crippen LogP contribution is 2.28. The van der Waals surface area contributed by atoms with Crippen LogP contribution >= 0.6 is 0 Å². The van der Waals surface area contributed by atoms with Crippen LogP contribution in [0.2, 0.25) is 0 Å². The van der Waals surface area contributed by atoms with Gasteiger partial charge in [-0.1, -0.05) is 0 Å². The molecule has 0 bridgehead atoms. The van der Waals surface area contributed by atoms with E-state index in [1.165, 1.54) is 0 Å². The number of hydrogen-bond donors (Lipinski definition) is 2. The fourth-order valence-electron chi connectivity index (χ4n) is 3.18. The third kappa shape index (κ3) is 3.05. The number of ether oxygens (including phenoxy) is 2. The first-order valence-electron chi connectivity index (χ1n) is 8.63. The van der Waals surface area contributed by atoms with Crippen LogP contribution in [0.25, 0.3) is 11.0 Å². The van der Waals surface area contributed by atoms with Gasteiger partial charge in [0.05, 0.1) is 35.6 Å². The number of nitrogens with zero attached hydrogens (tertiary/aromatic N) is 4. The van der Waals surface area contributed by atoms with Crippen molar-refractivity contribution < 1.29 is 9.47 Å². The normalized spacial score (nSPS) is 15.6. The third-order valence-corrected chi connectivity index (χ3v) is 4.49. The molecule has 0 saturated carbocycles. The second-order valence-corrected chi connectivity index (χ2v) is 6.08. The maximum absolute atomic E-state index is 5.64. The molecule has 0 spiro atoms.